The minimum atomic E-state index is -0.736. The molecule has 3 aromatic rings. The monoisotopic (exact) mass is 447 g/mol. The molecule has 162 valence electrons. The van der Waals surface area contributed by atoms with Crippen LogP contribution in [-0.2, 0) is 22.7 Å². The zero-order valence-corrected chi connectivity index (χ0v) is 18.1. The molecule has 0 radical (unpaired) electrons. The van der Waals surface area contributed by atoms with Crippen LogP contribution >= 0.6 is 12.2 Å². The fourth-order valence-electron chi connectivity index (χ4n) is 3.68. The number of halogens is 1. The molecule has 32 heavy (non-hydrogen) atoms. The summed E-state index contributed by atoms with van der Waals surface area (Å²) in [6.45, 7) is 0.634. The van der Waals surface area contributed by atoms with E-state index in [0.717, 1.165) is 11.1 Å². The van der Waals surface area contributed by atoms with Crippen LogP contribution in [0.3, 0.4) is 0 Å². The van der Waals surface area contributed by atoms with Crippen LogP contribution < -0.4 is 5.32 Å². The van der Waals surface area contributed by atoms with Gasteiger partial charge in [-0.3, -0.25) is 14.5 Å². The molecule has 1 heterocycles. The van der Waals surface area contributed by atoms with Crippen LogP contribution in [0.15, 0.2) is 84.9 Å². The number of amides is 2. The van der Waals surface area contributed by atoms with Gasteiger partial charge in [-0.05, 0) is 47.6 Å². The van der Waals surface area contributed by atoms with Gasteiger partial charge in [-0.25, -0.2) is 4.39 Å². The number of thiocarbonyl (C=S) groups is 1. The van der Waals surface area contributed by atoms with E-state index in [9.17, 15) is 14.0 Å². The predicted octanol–water partition coefficient (Wildman–Crippen LogP) is 4.35. The highest BCUT2D eigenvalue weighted by molar-refractivity contribution is 7.80. The highest BCUT2D eigenvalue weighted by Gasteiger charge is 2.43. The van der Waals surface area contributed by atoms with Crippen molar-refractivity contribution in [2.75, 3.05) is 5.32 Å². The summed E-state index contributed by atoms with van der Waals surface area (Å²) >= 11 is 5.65. The van der Waals surface area contributed by atoms with E-state index in [1.807, 2.05) is 48.5 Å². The lowest BCUT2D eigenvalue weighted by Gasteiger charge is -2.24. The van der Waals surface area contributed by atoms with E-state index < -0.39 is 6.04 Å². The van der Waals surface area contributed by atoms with Gasteiger partial charge in [-0.1, -0.05) is 60.7 Å². The lowest BCUT2D eigenvalue weighted by Crippen LogP contribution is -2.37. The lowest BCUT2D eigenvalue weighted by atomic mass is 10.1. The Kier molecular flexibility index (Phi) is 6.56. The molecule has 1 unspecified atom stereocenters. The van der Waals surface area contributed by atoms with E-state index >= 15 is 0 Å². The fraction of sp³-hybridized carbons (Fsp3) is 0.160. The Bertz CT molecular complexity index is 1110. The average Bonchev–Trinajstić information content (AvgIpc) is 3.01. The summed E-state index contributed by atoms with van der Waals surface area (Å²) in [5.74, 6) is -0.828. The maximum Gasteiger partial charge on any atom is 0.252 e. The van der Waals surface area contributed by atoms with Crippen LogP contribution in [0.1, 0.15) is 17.5 Å². The number of para-hydroxylation sites is 1. The maximum absolute atomic E-state index is 13.3. The number of anilines is 1. The Balaban J connectivity index is 1.55. The third-order valence-corrected chi connectivity index (χ3v) is 5.74. The molecule has 2 amide bonds. The molecule has 1 atom stereocenters. The van der Waals surface area contributed by atoms with Gasteiger partial charge < -0.3 is 10.2 Å². The van der Waals surface area contributed by atoms with Gasteiger partial charge in [0.1, 0.15) is 11.9 Å². The molecule has 5 nitrogen and oxygen atoms in total. The number of carbonyl (C=O) groups excluding carboxylic acids is 2. The summed E-state index contributed by atoms with van der Waals surface area (Å²) < 4.78 is 13.3. The van der Waals surface area contributed by atoms with Crippen molar-refractivity contribution in [3.8, 4) is 0 Å². The molecular weight excluding hydrogens is 425 g/mol. The van der Waals surface area contributed by atoms with Crippen molar-refractivity contribution in [1.82, 2.24) is 9.80 Å². The molecule has 1 fully saturated rings. The van der Waals surface area contributed by atoms with Crippen molar-refractivity contribution < 1.29 is 14.0 Å². The summed E-state index contributed by atoms with van der Waals surface area (Å²) in [6.07, 6.45) is -0.0413. The molecule has 1 aliphatic rings. The standard InChI is InChI=1S/C25H22FN3O2S/c26-20-13-11-19(12-14-20)16-28-22(15-23(30)27-21-9-5-2-6-10-21)24(31)29(25(28)32)17-18-7-3-1-4-8-18/h1-14,22H,15-17H2,(H,27,30). The Hall–Kier alpha value is -3.58. The quantitative estimate of drug-likeness (QED) is 0.547. The number of rotatable bonds is 7. The lowest BCUT2D eigenvalue weighted by molar-refractivity contribution is -0.131. The number of hydrogen-bond donors (Lipinski definition) is 1. The van der Waals surface area contributed by atoms with Crippen LogP contribution in [0.2, 0.25) is 0 Å². The Morgan fingerprint density at radius 3 is 2.12 bits per heavy atom. The summed E-state index contributed by atoms with van der Waals surface area (Å²) in [7, 11) is 0. The number of benzene rings is 3. The van der Waals surface area contributed by atoms with Gasteiger partial charge in [0.2, 0.25) is 5.91 Å². The van der Waals surface area contributed by atoms with Crippen LogP contribution in [-0.4, -0.2) is 32.8 Å². The van der Waals surface area contributed by atoms with Crippen LogP contribution in [0.4, 0.5) is 10.1 Å². The molecule has 1 aliphatic heterocycles. The summed E-state index contributed by atoms with van der Waals surface area (Å²) in [4.78, 5) is 29.3. The second kappa shape index (κ2) is 9.70. The largest absolute Gasteiger partial charge is 0.332 e. The van der Waals surface area contributed by atoms with Gasteiger partial charge >= 0.3 is 0 Å². The number of nitrogens with one attached hydrogen (secondary N) is 1. The van der Waals surface area contributed by atoms with E-state index in [1.54, 1.807) is 29.2 Å². The minimum absolute atomic E-state index is 0.0413. The normalized spacial score (nSPS) is 15.8. The van der Waals surface area contributed by atoms with Crippen molar-refractivity contribution in [2.45, 2.75) is 25.6 Å². The topological polar surface area (TPSA) is 52.7 Å². The van der Waals surface area contributed by atoms with Crippen LogP contribution in [0.25, 0.3) is 0 Å². The first-order valence-corrected chi connectivity index (χ1v) is 10.7. The first-order chi connectivity index (χ1) is 15.5. The molecule has 0 spiro atoms. The van der Waals surface area contributed by atoms with Crippen molar-refractivity contribution in [3.05, 3.63) is 102 Å². The molecule has 4 rings (SSSR count). The highest BCUT2D eigenvalue weighted by Crippen LogP contribution is 2.26. The maximum atomic E-state index is 13.3. The molecule has 0 aromatic heterocycles. The first-order valence-electron chi connectivity index (χ1n) is 10.3. The Labute approximate surface area is 191 Å². The van der Waals surface area contributed by atoms with Gasteiger partial charge in [0, 0.05) is 12.2 Å². The molecule has 0 saturated carbocycles. The minimum Gasteiger partial charge on any atom is -0.332 e. The van der Waals surface area contributed by atoms with Crippen molar-refractivity contribution in [3.63, 3.8) is 0 Å². The van der Waals surface area contributed by atoms with Gasteiger partial charge in [0.05, 0.1) is 13.0 Å². The van der Waals surface area contributed by atoms with E-state index in [2.05, 4.69) is 5.32 Å². The van der Waals surface area contributed by atoms with E-state index in [0.29, 0.717) is 23.9 Å². The number of nitrogens with zero attached hydrogens (tertiary/aromatic N) is 2. The number of carbonyl (C=O) groups is 2. The molecule has 1 saturated heterocycles. The first kappa shape index (κ1) is 21.6. The SMILES string of the molecule is O=C(CC1C(=O)N(Cc2ccccc2)C(=S)N1Cc1ccc(F)cc1)Nc1ccccc1. The Morgan fingerprint density at radius 2 is 1.47 bits per heavy atom. The van der Waals surface area contributed by atoms with Gasteiger partial charge in [-0.2, -0.15) is 0 Å². The summed E-state index contributed by atoms with van der Waals surface area (Å²) in [5, 5.41) is 3.19. The zero-order chi connectivity index (χ0) is 22.5. The van der Waals surface area contributed by atoms with E-state index in [1.165, 1.54) is 17.0 Å². The van der Waals surface area contributed by atoms with Gasteiger partial charge in [-0.15, -0.1) is 0 Å². The molecule has 7 heteroatoms. The van der Waals surface area contributed by atoms with Gasteiger partial charge in [0.15, 0.2) is 5.11 Å². The fourth-order valence-corrected chi connectivity index (χ4v) is 4.02. The third kappa shape index (κ3) is 5.00. The van der Waals surface area contributed by atoms with Crippen molar-refractivity contribution in [1.29, 1.82) is 0 Å². The predicted molar refractivity (Wildman–Crippen MR) is 125 cm³/mol. The highest BCUT2D eigenvalue weighted by atomic mass is 32.1. The van der Waals surface area contributed by atoms with E-state index in [-0.39, 0.29) is 24.1 Å². The molecule has 0 aliphatic carbocycles. The summed E-state index contributed by atoms with van der Waals surface area (Å²) in [6, 6.07) is 24.0. The van der Waals surface area contributed by atoms with Crippen molar-refractivity contribution >= 4 is 34.8 Å². The second-order valence-electron chi connectivity index (χ2n) is 7.58. The van der Waals surface area contributed by atoms with E-state index in [4.69, 9.17) is 12.2 Å². The van der Waals surface area contributed by atoms with Crippen molar-refractivity contribution in [2.24, 2.45) is 0 Å². The zero-order valence-electron chi connectivity index (χ0n) is 17.3. The Morgan fingerprint density at radius 1 is 0.875 bits per heavy atom. The molecular formula is C25H22FN3O2S. The van der Waals surface area contributed by atoms with Gasteiger partial charge in [0.25, 0.3) is 5.91 Å². The average molecular weight is 448 g/mol. The second-order valence-corrected chi connectivity index (χ2v) is 7.95. The van der Waals surface area contributed by atoms with Crippen LogP contribution in [0.5, 0.6) is 0 Å². The molecule has 0 bridgehead atoms. The third-order valence-electron chi connectivity index (χ3n) is 5.29. The van der Waals surface area contributed by atoms with Crippen LogP contribution in [0, 0.1) is 5.82 Å². The smallest absolute Gasteiger partial charge is 0.252 e. The molecule has 1 N–H and O–H groups in total. The number of hydrogen-bond acceptors (Lipinski definition) is 3. The molecule has 3 aromatic carbocycles. The summed E-state index contributed by atoms with van der Waals surface area (Å²) in [5.41, 5.74) is 2.41.